The number of rotatable bonds is 6. The van der Waals surface area contributed by atoms with Gasteiger partial charge in [-0.25, -0.2) is 0 Å². The summed E-state index contributed by atoms with van der Waals surface area (Å²) >= 11 is 2.03. The Bertz CT molecular complexity index is 412. The molecule has 0 aromatic heterocycles. The lowest BCUT2D eigenvalue weighted by Gasteiger charge is -2.07. The van der Waals surface area contributed by atoms with Gasteiger partial charge >= 0.3 is 0 Å². The molecule has 18 heavy (non-hydrogen) atoms. The molecule has 0 spiro atoms. The smallest absolute Gasteiger partial charge is 0.251 e. The van der Waals surface area contributed by atoms with Crippen LogP contribution in [-0.2, 0) is 0 Å². The van der Waals surface area contributed by atoms with Gasteiger partial charge in [0.05, 0.1) is 4.43 Å². The van der Waals surface area contributed by atoms with E-state index in [0.717, 1.165) is 6.42 Å². The van der Waals surface area contributed by atoms with E-state index >= 15 is 0 Å². The Kier molecular flexibility index (Phi) is 6.32. The molecule has 0 unspecified atom stereocenters. The molecule has 4 heteroatoms. The second-order valence-corrected chi connectivity index (χ2v) is 5.34. The van der Waals surface area contributed by atoms with Crippen LogP contribution in [0.1, 0.15) is 41.0 Å². The Balaban J connectivity index is 2.56. The van der Waals surface area contributed by atoms with Crippen LogP contribution in [-0.4, -0.2) is 22.7 Å². The number of halogens is 1. The van der Waals surface area contributed by atoms with E-state index in [-0.39, 0.29) is 11.7 Å². The number of hydrogen-bond acceptors (Lipinski definition) is 2. The van der Waals surface area contributed by atoms with Crippen LogP contribution < -0.4 is 5.32 Å². The molecule has 0 aliphatic carbocycles. The lowest BCUT2D eigenvalue weighted by atomic mass is 10.1. The zero-order chi connectivity index (χ0) is 13.5. The fourth-order valence-electron chi connectivity index (χ4n) is 1.46. The maximum absolute atomic E-state index is 11.8. The molecule has 0 saturated heterocycles. The van der Waals surface area contributed by atoms with Crippen molar-refractivity contribution in [2.24, 2.45) is 5.92 Å². The van der Waals surface area contributed by atoms with Gasteiger partial charge in [0.2, 0.25) is 0 Å². The number of amides is 1. The monoisotopic (exact) mass is 359 g/mol. The van der Waals surface area contributed by atoms with E-state index < -0.39 is 0 Å². The van der Waals surface area contributed by atoms with E-state index in [9.17, 15) is 9.59 Å². The number of nitrogens with one attached hydrogen (secondary N) is 1. The first-order chi connectivity index (χ1) is 8.54. The van der Waals surface area contributed by atoms with Crippen LogP contribution in [0.25, 0.3) is 0 Å². The van der Waals surface area contributed by atoms with Gasteiger partial charge in [0.15, 0.2) is 5.78 Å². The number of hydrogen-bond donors (Lipinski definition) is 1. The Hall–Kier alpha value is -0.910. The topological polar surface area (TPSA) is 46.2 Å². The van der Waals surface area contributed by atoms with Crippen molar-refractivity contribution < 1.29 is 9.59 Å². The number of carbonyl (C=O) groups excluding carboxylic acids is 2. The molecule has 0 atom stereocenters. The van der Waals surface area contributed by atoms with Gasteiger partial charge in [0.25, 0.3) is 5.91 Å². The van der Waals surface area contributed by atoms with Crippen LogP contribution in [0.2, 0.25) is 0 Å². The van der Waals surface area contributed by atoms with E-state index in [1.54, 1.807) is 24.3 Å². The summed E-state index contributed by atoms with van der Waals surface area (Å²) in [5, 5.41) is 2.87. The molecule has 0 fully saturated rings. The normalized spacial score (nSPS) is 10.4. The van der Waals surface area contributed by atoms with Gasteiger partial charge in [-0.15, -0.1) is 0 Å². The van der Waals surface area contributed by atoms with Crippen molar-refractivity contribution >= 4 is 34.3 Å². The quantitative estimate of drug-likeness (QED) is 0.482. The Morgan fingerprint density at radius 1 is 1.17 bits per heavy atom. The summed E-state index contributed by atoms with van der Waals surface area (Å²) in [6.45, 7) is 4.93. The predicted octanol–water partition coefficient (Wildman–Crippen LogP) is 3.08. The van der Waals surface area contributed by atoms with Crippen molar-refractivity contribution in [3.8, 4) is 0 Å². The predicted molar refractivity (Wildman–Crippen MR) is 81.4 cm³/mol. The highest BCUT2D eigenvalue weighted by atomic mass is 127. The molecule has 3 nitrogen and oxygen atoms in total. The minimum absolute atomic E-state index is 0.0795. The van der Waals surface area contributed by atoms with Gasteiger partial charge in [-0.2, -0.15) is 0 Å². The molecule has 0 aliphatic rings. The number of benzene rings is 1. The van der Waals surface area contributed by atoms with Crippen molar-refractivity contribution in [2.75, 3.05) is 11.0 Å². The summed E-state index contributed by atoms with van der Waals surface area (Å²) in [6.07, 6.45) is 0.969. The Morgan fingerprint density at radius 2 is 1.72 bits per heavy atom. The van der Waals surface area contributed by atoms with Crippen LogP contribution in [0.4, 0.5) is 0 Å². The summed E-state index contributed by atoms with van der Waals surface area (Å²) in [4.78, 5) is 23.2. The third-order valence-electron chi connectivity index (χ3n) is 2.60. The second-order valence-electron chi connectivity index (χ2n) is 4.57. The molecule has 0 aliphatic heterocycles. The van der Waals surface area contributed by atoms with E-state index in [1.807, 2.05) is 22.6 Å². The van der Waals surface area contributed by atoms with Gasteiger partial charge in [-0.3, -0.25) is 9.59 Å². The zero-order valence-electron chi connectivity index (χ0n) is 10.7. The maximum atomic E-state index is 11.8. The summed E-state index contributed by atoms with van der Waals surface area (Å²) in [5.41, 5.74) is 1.26. The molecule has 0 heterocycles. The SMILES string of the molecule is CC(C)CCNC(=O)c1ccc(C(=O)CI)cc1. The van der Waals surface area contributed by atoms with Crippen molar-refractivity contribution in [3.63, 3.8) is 0 Å². The molecule has 98 valence electrons. The highest BCUT2D eigenvalue weighted by molar-refractivity contribution is 14.1. The Morgan fingerprint density at radius 3 is 2.22 bits per heavy atom. The summed E-state index contributed by atoms with van der Waals surface area (Å²) in [7, 11) is 0. The lowest BCUT2D eigenvalue weighted by Crippen LogP contribution is -2.25. The largest absolute Gasteiger partial charge is 0.352 e. The van der Waals surface area contributed by atoms with Crippen LogP contribution in [0, 0.1) is 5.92 Å². The average molecular weight is 359 g/mol. The highest BCUT2D eigenvalue weighted by Crippen LogP contribution is 2.07. The summed E-state index contributed by atoms with van der Waals surface area (Å²) in [6, 6.07) is 6.81. The molecule has 1 amide bonds. The van der Waals surface area contributed by atoms with Crippen LogP contribution >= 0.6 is 22.6 Å². The molecule has 1 aromatic rings. The molecular weight excluding hydrogens is 341 g/mol. The Labute approximate surface area is 121 Å². The average Bonchev–Trinajstić information content (AvgIpc) is 2.37. The van der Waals surface area contributed by atoms with Crippen LogP contribution in [0.3, 0.4) is 0 Å². The molecule has 0 saturated carbocycles. The fourth-order valence-corrected chi connectivity index (χ4v) is 1.90. The highest BCUT2D eigenvalue weighted by Gasteiger charge is 2.07. The first-order valence-corrected chi connectivity index (χ1v) is 7.54. The number of carbonyl (C=O) groups is 2. The van der Waals surface area contributed by atoms with E-state index in [2.05, 4.69) is 19.2 Å². The van der Waals surface area contributed by atoms with Crippen molar-refractivity contribution in [1.29, 1.82) is 0 Å². The number of alkyl halides is 1. The number of Topliss-reactive ketones (excluding diaryl/α,β-unsaturated/α-hetero) is 1. The zero-order valence-corrected chi connectivity index (χ0v) is 12.9. The van der Waals surface area contributed by atoms with Crippen molar-refractivity contribution in [2.45, 2.75) is 20.3 Å². The minimum atomic E-state index is -0.0795. The molecule has 1 aromatic carbocycles. The first-order valence-electron chi connectivity index (χ1n) is 6.02. The summed E-state index contributed by atoms with van der Waals surface area (Å²) < 4.78 is 0.456. The van der Waals surface area contributed by atoms with Gasteiger partial charge in [-0.05, 0) is 24.5 Å². The first kappa shape index (κ1) is 15.1. The van der Waals surface area contributed by atoms with Crippen LogP contribution in [0.15, 0.2) is 24.3 Å². The van der Waals surface area contributed by atoms with E-state index in [4.69, 9.17) is 0 Å². The van der Waals surface area contributed by atoms with E-state index in [0.29, 0.717) is 28.0 Å². The molecule has 0 radical (unpaired) electrons. The van der Waals surface area contributed by atoms with Crippen molar-refractivity contribution in [3.05, 3.63) is 35.4 Å². The fraction of sp³-hybridized carbons (Fsp3) is 0.429. The standard InChI is InChI=1S/C14H18INO2/c1-10(2)7-8-16-14(18)12-5-3-11(4-6-12)13(17)9-15/h3-6,10H,7-9H2,1-2H3,(H,16,18). The van der Waals surface area contributed by atoms with Crippen LogP contribution in [0.5, 0.6) is 0 Å². The molecular formula is C14H18INO2. The molecule has 1 rings (SSSR count). The summed E-state index contributed by atoms with van der Waals surface area (Å²) in [5.74, 6) is 0.584. The number of ketones is 1. The lowest BCUT2D eigenvalue weighted by molar-refractivity contribution is 0.0950. The third-order valence-corrected chi connectivity index (χ3v) is 3.29. The maximum Gasteiger partial charge on any atom is 0.251 e. The van der Waals surface area contributed by atoms with Gasteiger partial charge in [0, 0.05) is 17.7 Å². The molecule has 1 N–H and O–H groups in total. The van der Waals surface area contributed by atoms with Crippen molar-refractivity contribution in [1.82, 2.24) is 5.32 Å². The van der Waals surface area contributed by atoms with E-state index in [1.165, 1.54) is 0 Å². The van der Waals surface area contributed by atoms with Gasteiger partial charge in [-0.1, -0.05) is 48.6 Å². The minimum Gasteiger partial charge on any atom is -0.352 e. The van der Waals surface area contributed by atoms with Gasteiger partial charge < -0.3 is 5.32 Å². The molecule has 0 bridgehead atoms. The third kappa shape index (κ3) is 4.76. The van der Waals surface area contributed by atoms with Gasteiger partial charge in [0.1, 0.15) is 0 Å². The second kappa shape index (κ2) is 7.51.